The third-order valence-corrected chi connectivity index (χ3v) is 5.13. The van der Waals surface area contributed by atoms with Gasteiger partial charge < -0.3 is 20.1 Å². The van der Waals surface area contributed by atoms with Crippen LogP contribution in [0.25, 0.3) is 5.57 Å². The predicted molar refractivity (Wildman–Crippen MR) is 113 cm³/mol. The van der Waals surface area contributed by atoms with E-state index in [0.717, 1.165) is 12.1 Å². The van der Waals surface area contributed by atoms with Crippen LogP contribution in [0, 0.1) is 5.41 Å². The molecule has 1 aromatic heterocycles. The molecule has 9 heteroatoms. The van der Waals surface area contributed by atoms with Crippen molar-refractivity contribution in [2.45, 2.75) is 38.9 Å². The van der Waals surface area contributed by atoms with Crippen LogP contribution in [0.3, 0.4) is 0 Å². The van der Waals surface area contributed by atoms with Crippen LogP contribution < -0.4 is 15.6 Å². The number of hydrogen-bond acceptors (Lipinski definition) is 4. The zero-order valence-corrected chi connectivity index (χ0v) is 17.8. The van der Waals surface area contributed by atoms with Crippen molar-refractivity contribution in [3.63, 3.8) is 0 Å². The minimum absolute atomic E-state index is 0.0659. The summed E-state index contributed by atoms with van der Waals surface area (Å²) in [6.07, 6.45) is -1.83. The Morgan fingerprint density at radius 1 is 1.16 bits per heavy atom. The first-order valence-electron chi connectivity index (χ1n) is 10.1. The Labute approximate surface area is 183 Å². The lowest BCUT2D eigenvalue weighted by Crippen LogP contribution is -2.27. The summed E-state index contributed by atoms with van der Waals surface area (Å²) >= 11 is 0. The maximum Gasteiger partial charge on any atom is 0.416 e. The number of amides is 1. The fourth-order valence-corrected chi connectivity index (χ4v) is 3.19. The molecular formula is C23H25F3N2O4. The number of alkyl halides is 3. The van der Waals surface area contributed by atoms with Crippen LogP contribution in [-0.2, 0) is 11.0 Å². The second kappa shape index (κ2) is 9.20. The molecule has 3 rings (SSSR count). The van der Waals surface area contributed by atoms with Gasteiger partial charge in [-0.05, 0) is 36.2 Å². The third-order valence-electron chi connectivity index (χ3n) is 5.13. The zero-order chi connectivity index (χ0) is 23.5. The van der Waals surface area contributed by atoms with E-state index in [1.54, 1.807) is 26.0 Å². The Balaban J connectivity index is 1.95. The van der Waals surface area contributed by atoms with E-state index in [1.807, 2.05) is 0 Å². The summed E-state index contributed by atoms with van der Waals surface area (Å²) in [4.78, 5) is 26.9. The van der Waals surface area contributed by atoms with Crippen LogP contribution in [0.2, 0.25) is 0 Å². The minimum atomic E-state index is -4.46. The summed E-state index contributed by atoms with van der Waals surface area (Å²) in [6, 6.07) is 7.39. The van der Waals surface area contributed by atoms with Crippen LogP contribution >= 0.6 is 0 Å². The first kappa shape index (κ1) is 23.6. The molecule has 0 unspecified atom stereocenters. The molecule has 1 saturated heterocycles. The number of carbonyl (C=O) groups excluding carboxylic acids is 1. The monoisotopic (exact) mass is 450 g/mol. The normalized spacial score (nSPS) is 17.4. The SMILES string of the molecule is CC(C)(CO)COc1ccc(/C(=C\[C@H]2CCC(=O)N2)c2ccc(C(F)(F)F)cc2)[nH]c1=O. The summed E-state index contributed by atoms with van der Waals surface area (Å²) in [5, 5.41) is 12.1. The highest BCUT2D eigenvalue weighted by Crippen LogP contribution is 2.31. The fourth-order valence-electron chi connectivity index (χ4n) is 3.19. The average Bonchev–Trinajstić information content (AvgIpc) is 3.15. The van der Waals surface area contributed by atoms with E-state index in [0.29, 0.717) is 29.7 Å². The molecular weight excluding hydrogens is 425 g/mol. The predicted octanol–water partition coefficient (Wildman–Crippen LogP) is 3.50. The topological polar surface area (TPSA) is 91.4 Å². The quantitative estimate of drug-likeness (QED) is 0.602. The van der Waals surface area contributed by atoms with Crippen molar-refractivity contribution in [2.24, 2.45) is 5.41 Å². The molecule has 1 aromatic carbocycles. The Kier molecular flexibility index (Phi) is 6.78. The number of aromatic nitrogens is 1. The second-order valence-corrected chi connectivity index (χ2v) is 8.54. The van der Waals surface area contributed by atoms with Crippen LogP contribution in [0.15, 0.2) is 47.3 Å². The van der Waals surface area contributed by atoms with Gasteiger partial charge in [-0.25, -0.2) is 0 Å². The van der Waals surface area contributed by atoms with Gasteiger partial charge in [0.15, 0.2) is 5.75 Å². The molecule has 3 N–H and O–H groups in total. The van der Waals surface area contributed by atoms with Gasteiger partial charge in [0.25, 0.3) is 5.56 Å². The Hall–Kier alpha value is -3.07. The maximum atomic E-state index is 13.0. The molecule has 0 radical (unpaired) electrons. The number of ether oxygens (including phenoxy) is 1. The van der Waals surface area contributed by atoms with Crippen molar-refractivity contribution in [3.05, 3.63) is 69.6 Å². The summed E-state index contributed by atoms with van der Waals surface area (Å²) in [7, 11) is 0. The maximum absolute atomic E-state index is 13.0. The van der Waals surface area contributed by atoms with E-state index in [9.17, 15) is 27.9 Å². The molecule has 6 nitrogen and oxygen atoms in total. The highest BCUT2D eigenvalue weighted by Gasteiger charge is 2.30. The van der Waals surface area contributed by atoms with Crippen molar-refractivity contribution in [3.8, 4) is 5.75 Å². The Morgan fingerprint density at radius 2 is 1.84 bits per heavy atom. The summed E-state index contributed by atoms with van der Waals surface area (Å²) < 4.78 is 44.4. The largest absolute Gasteiger partial charge is 0.487 e. The van der Waals surface area contributed by atoms with E-state index in [-0.39, 0.29) is 30.9 Å². The number of rotatable bonds is 7. The van der Waals surface area contributed by atoms with Gasteiger partial charge in [0.2, 0.25) is 5.91 Å². The highest BCUT2D eigenvalue weighted by molar-refractivity contribution is 5.82. The lowest BCUT2D eigenvalue weighted by atomic mass is 9.96. The molecule has 1 aliphatic heterocycles. The summed E-state index contributed by atoms with van der Waals surface area (Å²) in [5.74, 6) is -0.0435. The molecule has 2 aromatic rings. The molecule has 1 atom stereocenters. The molecule has 0 bridgehead atoms. The van der Waals surface area contributed by atoms with Gasteiger partial charge in [0.05, 0.1) is 18.8 Å². The number of hydrogen-bond donors (Lipinski definition) is 3. The van der Waals surface area contributed by atoms with Gasteiger partial charge in [-0.3, -0.25) is 9.59 Å². The van der Waals surface area contributed by atoms with Crippen LogP contribution in [-0.4, -0.2) is 35.3 Å². The highest BCUT2D eigenvalue weighted by atomic mass is 19.4. The van der Waals surface area contributed by atoms with Crippen molar-refractivity contribution in [1.29, 1.82) is 0 Å². The Bertz CT molecular complexity index is 1060. The number of pyridine rings is 1. The number of halogens is 3. The fraction of sp³-hybridized carbons (Fsp3) is 0.391. The second-order valence-electron chi connectivity index (χ2n) is 8.54. The molecule has 32 heavy (non-hydrogen) atoms. The first-order chi connectivity index (χ1) is 15.0. The lowest BCUT2D eigenvalue weighted by molar-refractivity contribution is -0.137. The first-order valence-corrected chi connectivity index (χ1v) is 10.1. The van der Waals surface area contributed by atoms with Gasteiger partial charge in [0.1, 0.15) is 0 Å². The van der Waals surface area contributed by atoms with Crippen LogP contribution in [0.5, 0.6) is 5.75 Å². The number of aliphatic hydroxyl groups is 1. The number of aromatic amines is 1. The number of H-pyrrole nitrogens is 1. The summed E-state index contributed by atoms with van der Waals surface area (Å²) in [6.45, 7) is 3.59. The van der Waals surface area contributed by atoms with Crippen molar-refractivity contribution >= 4 is 11.5 Å². The van der Waals surface area contributed by atoms with Gasteiger partial charge >= 0.3 is 6.18 Å². The average molecular weight is 450 g/mol. The van der Waals surface area contributed by atoms with Gasteiger partial charge in [-0.1, -0.05) is 32.1 Å². The van der Waals surface area contributed by atoms with Crippen LogP contribution in [0.4, 0.5) is 13.2 Å². The minimum Gasteiger partial charge on any atom is -0.487 e. The zero-order valence-electron chi connectivity index (χ0n) is 17.8. The number of aliphatic hydroxyl groups excluding tert-OH is 1. The van der Waals surface area contributed by atoms with Gasteiger partial charge in [-0.15, -0.1) is 0 Å². The van der Waals surface area contributed by atoms with Crippen molar-refractivity contribution < 1.29 is 27.8 Å². The number of nitrogens with one attached hydrogen (secondary N) is 2. The molecule has 1 fully saturated rings. The molecule has 1 amide bonds. The Morgan fingerprint density at radius 3 is 2.38 bits per heavy atom. The van der Waals surface area contributed by atoms with Crippen molar-refractivity contribution in [1.82, 2.24) is 10.3 Å². The molecule has 0 aliphatic carbocycles. The lowest BCUT2D eigenvalue weighted by Gasteiger charge is -2.21. The smallest absolute Gasteiger partial charge is 0.416 e. The molecule has 172 valence electrons. The van der Waals surface area contributed by atoms with E-state index >= 15 is 0 Å². The number of carbonyl (C=O) groups is 1. The van der Waals surface area contributed by atoms with E-state index in [1.165, 1.54) is 18.2 Å². The molecule has 2 heterocycles. The molecule has 0 spiro atoms. The van der Waals surface area contributed by atoms with Crippen molar-refractivity contribution in [2.75, 3.05) is 13.2 Å². The van der Waals surface area contributed by atoms with Crippen LogP contribution in [0.1, 0.15) is 43.5 Å². The van der Waals surface area contributed by atoms with E-state index in [4.69, 9.17) is 4.74 Å². The summed E-state index contributed by atoms with van der Waals surface area (Å²) in [5.41, 5.74) is -0.486. The van der Waals surface area contributed by atoms with Gasteiger partial charge in [0, 0.05) is 29.1 Å². The van der Waals surface area contributed by atoms with E-state index < -0.39 is 22.7 Å². The molecule has 0 saturated carbocycles. The third kappa shape index (κ3) is 5.79. The molecule has 1 aliphatic rings. The number of benzene rings is 1. The standard InChI is InChI=1S/C23H25F3N2O4/c1-22(2,12-29)13-32-19-9-8-18(28-21(19)31)17(11-16-7-10-20(30)27-16)14-3-5-15(6-4-14)23(24,25)26/h3-6,8-9,11,16,29H,7,10,12-13H2,1-2H3,(H,27,30)(H,28,31)/b17-11-/t16-/m1/s1. The van der Waals surface area contributed by atoms with Gasteiger partial charge in [-0.2, -0.15) is 13.2 Å². The van der Waals surface area contributed by atoms with E-state index in [2.05, 4.69) is 10.3 Å².